The molecule has 0 aliphatic rings. The number of carboxylic acid groups (broad SMARTS) is 2. The van der Waals surface area contributed by atoms with E-state index in [1.807, 2.05) is 0 Å². The third kappa shape index (κ3) is 16.3. The number of nitrogens with one attached hydrogen (secondary N) is 1. The predicted molar refractivity (Wildman–Crippen MR) is 71.4 cm³/mol. The van der Waals surface area contributed by atoms with Gasteiger partial charge in [-0.1, -0.05) is 0 Å². The van der Waals surface area contributed by atoms with E-state index in [-0.39, 0.29) is 25.3 Å². The molecule has 0 radical (unpaired) electrons. The van der Waals surface area contributed by atoms with Crippen LogP contribution in [0.1, 0.15) is 19.8 Å². The van der Waals surface area contributed by atoms with Crippen LogP contribution in [-0.4, -0.2) is 67.7 Å². The molecule has 20 heavy (non-hydrogen) atoms. The Balaban J connectivity index is 0. The first kappa shape index (κ1) is 20.6. The van der Waals surface area contributed by atoms with Gasteiger partial charge in [-0.05, 0) is 13.3 Å². The smallest absolute Gasteiger partial charge is 0.320 e. The first-order valence-corrected chi connectivity index (χ1v) is 6.25. The Labute approximate surface area is 119 Å². The van der Waals surface area contributed by atoms with Crippen LogP contribution in [0.15, 0.2) is 0 Å². The van der Waals surface area contributed by atoms with Gasteiger partial charge in [0.15, 0.2) is 0 Å². The van der Waals surface area contributed by atoms with Crippen molar-refractivity contribution in [1.29, 1.82) is 0 Å². The molecule has 0 heterocycles. The van der Waals surface area contributed by atoms with E-state index in [4.69, 9.17) is 10.8 Å². The normalized spacial score (nSPS) is 11.8. The summed E-state index contributed by atoms with van der Waals surface area (Å²) < 4.78 is 0.419. The van der Waals surface area contributed by atoms with Crippen molar-refractivity contribution in [3.8, 4) is 0 Å². The Morgan fingerprint density at radius 3 is 2.05 bits per heavy atom. The summed E-state index contributed by atoms with van der Waals surface area (Å²) in [6.45, 7) is 2.43. The standard InChI is InChI=1S/C7H14N2O3.C5H11NO2/c1-2-9-6(10)4-3-5(8)7(11)12;1-6(2,3)4-5(7)8/h5H,2-4,8H2,1H3,(H,9,10)(H,11,12);4H2,1-3H3/t5-;/m0./s1. The van der Waals surface area contributed by atoms with Crippen molar-refractivity contribution >= 4 is 17.8 Å². The van der Waals surface area contributed by atoms with Crippen LogP contribution in [0, 0.1) is 0 Å². The van der Waals surface area contributed by atoms with Crippen LogP contribution in [0.25, 0.3) is 0 Å². The second kappa shape index (κ2) is 10.2. The Kier molecular flexibility index (Phi) is 10.5. The van der Waals surface area contributed by atoms with E-state index in [9.17, 15) is 19.5 Å². The van der Waals surface area contributed by atoms with E-state index >= 15 is 0 Å². The highest BCUT2D eigenvalue weighted by molar-refractivity contribution is 5.78. The summed E-state index contributed by atoms with van der Waals surface area (Å²) in [6.07, 6.45) is 0.350. The van der Waals surface area contributed by atoms with Crippen LogP contribution in [-0.2, 0) is 14.4 Å². The fraction of sp³-hybridized carbons (Fsp3) is 0.750. The molecule has 0 fully saturated rings. The molecule has 0 aromatic heterocycles. The van der Waals surface area contributed by atoms with Gasteiger partial charge in [0.1, 0.15) is 12.6 Å². The third-order valence-corrected chi connectivity index (χ3v) is 1.98. The van der Waals surface area contributed by atoms with Crippen molar-refractivity contribution in [1.82, 2.24) is 5.32 Å². The third-order valence-electron chi connectivity index (χ3n) is 1.98. The number of likely N-dealkylation sites (N-methyl/N-ethyl adjacent to an activating group) is 1. The van der Waals surface area contributed by atoms with Crippen molar-refractivity contribution in [3.63, 3.8) is 0 Å². The minimum atomic E-state index is -1.07. The van der Waals surface area contributed by atoms with E-state index < -0.39 is 18.0 Å². The Morgan fingerprint density at radius 1 is 1.30 bits per heavy atom. The summed E-state index contributed by atoms with van der Waals surface area (Å²) in [6, 6.07) is -0.937. The summed E-state index contributed by atoms with van der Waals surface area (Å²) in [5.74, 6) is -2.23. The van der Waals surface area contributed by atoms with Crippen LogP contribution in [0.2, 0.25) is 0 Å². The van der Waals surface area contributed by atoms with Crippen molar-refractivity contribution in [2.24, 2.45) is 5.73 Å². The summed E-state index contributed by atoms with van der Waals surface area (Å²) >= 11 is 0. The van der Waals surface area contributed by atoms with E-state index in [0.717, 1.165) is 0 Å². The van der Waals surface area contributed by atoms with Crippen LogP contribution >= 0.6 is 0 Å². The monoisotopic (exact) mass is 291 g/mol. The molecule has 0 aliphatic heterocycles. The van der Waals surface area contributed by atoms with Gasteiger partial charge >= 0.3 is 5.97 Å². The number of amides is 1. The fourth-order valence-corrected chi connectivity index (χ4v) is 1.08. The van der Waals surface area contributed by atoms with Gasteiger partial charge in [-0.15, -0.1) is 0 Å². The lowest BCUT2D eigenvalue weighted by atomic mass is 10.1. The first-order valence-electron chi connectivity index (χ1n) is 6.25. The SMILES string of the molecule is CCNC(=O)CC[C@H](N)C(=O)O.C[N+](C)(C)CC(=O)[O-]. The van der Waals surface area contributed by atoms with Crippen LogP contribution in [0.3, 0.4) is 0 Å². The van der Waals surface area contributed by atoms with Gasteiger partial charge in [0, 0.05) is 13.0 Å². The minimum Gasteiger partial charge on any atom is -0.544 e. The molecule has 1 atom stereocenters. The Hall–Kier alpha value is -1.67. The molecule has 4 N–H and O–H groups in total. The molecule has 1 amide bonds. The molecular weight excluding hydrogens is 266 g/mol. The number of aliphatic carboxylic acids is 2. The number of nitrogens with two attached hydrogens (primary N) is 1. The van der Waals surface area contributed by atoms with Crippen LogP contribution in [0.5, 0.6) is 0 Å². The highest BCUT2D eigenvalue weighted by atomic mass is 16.4. The molecular formula is C12H25N3O5. The molecule has 0 rings (SSSR count). The number of rotatable bonds is 7. The van der Waals surface area contributed by atoms with Gasteiger partial charge in [0.05, 0.1) is 27.1 Å². The van der Waals surface area contributed by atoms with Crippen LogP contribution in [0.4, 0.5) is 0 Å². The highest BCUT2D eigenvalue weighted by Gasteiger charge is 2.12. The van der Waals surface area contributed by atoms with Gasteiger partial charge in [-0.3, -0.25) is 9.59 Å². The van der Waals surface area contributed by atoms with Crippen molar-refractivity contribution in [2.45, 2.75) is 25.8 Å². The maximum atomic E-state index is 10.8. The average Bonchev–Trinajstić information content (AvgIpc) is 2.23. The van der Waals surface area contributed by atoms with Gasteiger partial charge in [-0.25, -0.2) is 0 Å². The predicted octanol–water partition coefficient (Wildman–Crippen LogP) is -2.24. The number of hydrogen-bond donors (Lipinski definition) is 3. The number of carbonyl (C=O) groups is 3. The molecule has 0 saturated carbocycles. The lowest BCUT2D eigenvalue weighted by molar-refractivity contribution is -0.864. The molecule has 0 aromatic carbocycles. The number of hydrogen-bond acceptors (Lipinski definition) is 5. The topological polar surface area (TPSA) is 133 Å². The first-order chi connectivity index (χ1) is 8.99. The summed E-state index contributed by atoms with van der Waals surface area (Å²) in [5, 5.41) is 20.8. The number of quaternary nitrogens is 1. The van der Waals surface area contributed by atoms with Crippen molar-refractivity contribution in [3.05, 3.63) is 0 Å². The summed E-state index contributed by atoms with van der Waals surface area (Å²) in [4.78, 5) is 30.9. The molecule has 0 unspecified atom stereocenters. The van der Waals surface area contributed by atoms with Gasteiger partial charge < -0.3 is 30.5 Å². The number of carboxylic acids is 2. The zero-order valence-electron chi connectivity index (χ0n) is 12.5. The fourth-order valence-electron chi connectivity index (χ4n) is 1.08. The molecule has 0 aliphatic carbocycles. The molecule has 0 spiro atoms. The highest BCUT2D eigenvalue weighted by Crippen LogP contribution is 1.94. The zero-order valence-corrected chi connectivity index (χ0v) is 12.5. The maximum Gasteiger partial charge on any atom is 0.320 e. The zero-order chi connectivity index (χ0) is 16.3. The van der Waals surface area contributed by atoms with Gasteiger partial charge in [0.2, 0.25) is 5.91 Å². The van der Waals surface area contributed by atoms with E-state index in [0.29, 0.717) is 11.0 Å². The van der Waals surface area contributed by atoms with Gasteiger partial charge in [-0.2, -0.15) is 0 Å². The second-order valence-corrected chi connectivity index (χ2v) is 5.26. The lowest BCUT2D eigenvalue weighted by Crippen LogP contribution is -2.45. The Morgan fingerprint density at radius 2 is 1.80 bits per heavy atom. The van der Waals surface area contributed by atoms with Crippen LogP contribution < -0.4 is 16.2 Å². The summed E-state index contributed by atoms with van der Waals surface area (Å²) in [5.41, 5.74) is 5.18. The quantitative estimate of drug-likeness (QED) is 0.454. The van der Waals surface area contributed by atoms with E-state index in [1.54, 1.807) is 28.1 Å². The second-order valence-electron chi connectivity index (χ2n) is 5.26. The minimum absolute atomic E-state index is 0.0694. The van der Waals surface area contributed by atoms with Gasteiger partial charge in [0.25, 0.3) is 0 Å². The molecule has 8 nitrogen and oxygen atoms in total. The molecule has 118 valence electrons. The number of carbonyl (C=O) groups excluding carboxylic acids is 2. The Bertz CT molecular complexity index is 326. The maximum absolute atomic E-state index is 10.8. The molecule has 8 heteroatoms. The van der Waals surface area contributed by atoms with E-state index in [2.05, 4.69) is 5.32 Å². The average molecular weight is 291 g/mol. The summed E-state index contributed by atoms with van der Waals surface area (Å²) in [7, 11) is 5.40. The van der Waals surface area contributed by atoms with E-state index in [1.165, 1.54) is 0 Å². The lowest BCUT2D eigenvalue weighted by Gasteiger charge is -2.23. The molecule has 0 bridgehead atoms. The van der Waals surface area contributed by atoms with Crippen molar-refractivity contribution in [2.75, 3.05) is 34.2 Å². The largest absolute Gasteiger partial charge is 0.544 e. The van der Waals surface area contributed by atoms with Crippen molar-refractivity contribution < 1.29 is 29.1 Å². The molecule has 0 aromatic rings. The number of nitrogens with zero attached hydrogens (tertiary/aromatic N) is 1. The molecule has 0 saturated heterocycles.